The molecule has 0 bridgehead atoms. The standard InChI is InChI=1S/C10H12ClFOS/c1-7(5-13)14-6-8-2-3-9(11)10(12)4-8/h2-4,7,13H,5-6H2,1H3. The van der Waals surface area contributed by atoms with Crippen molar-refractivity contribution in [1.82, 2.24) is 0 Å². The van der Waals surface area contributed by atoms with Crippen molar-refractivity contribution in [2.75, 3.05) is 6.61 Å². The number of hydrogen-bond acceptors (Lipinski definition) is 2. The fraction of sp³-hybridized carbons (Fsp3) is 0.400. The summed E-state index contributed by atoms with van der Waals surface area (Å²) in [5.74, 6) is 0.303. The Labute approximate surface area is 92.3 Å². The smallest absolute Gasteiger partial charge is 0.142 e. The number of halogens is 2. The van der Waals surface area contributed by atoms with Crippen molar-refractivity contribution in [3.8, 4) is 0 Å². The van der Waals surface area contributed by atoms with Gasteiger partial charge in [-0.15, -0.1) is 0 Å². The molecule has 0 aliphatic rings. The highest BCUT2D eigenvalue weighted by Crippen LogP contribution is 2.21. The van der Waals surface area contributed by atoms with Crippen LogP contribution in [0.25, 0.3) is 0 Å². The molecule has 1 unspecified atom stereocenters. The molecular formula is C10H12ClFOS. The molecule has 1 N–H and O–H groups in total. The van der Waals surface area contributed by atoms with Gasteiger partial charge in [0.25, 0.3) is 0 Å². The number of hydrogen-bond donors (Lipinski definition) is 1. The Morgan fingerprint density at radius 3 is 2.86 bits per heavy atom. The molecule has 0 amide bonds. The van der Waals surface area contributed by atoms with Crippen molar-refractivity contribution < 1.29 is 9.50 Å². The number of benzene rings is 1. The van der Waals surface area contributed by atoms with Gasteiger partial charge in [-0.25, -0.2) is 4.39 Å². The molecule has 1 rings (SSSR count). The minimum absolute atomic E-state index is 0.140. The summed E-state index contributed by atoms with van der Waals surface area (Å²) in [5, 5.41) is 9.12. The van der Waals surface area contributed by atoms with Crippen LogP contribution < -0.4 is 0 Å². The van der Waals surface area contributed by atoms with Gasteiger partial charge >= 0.3 is 0 Å². The average molecular weight is 235 g/mol. The molecule has 0 aliphatic heterocycles. The Hall–Kier alpha value is -0.250. The number of aliphatic hydroxyl groups excluding tert-OH is 1. The van der Waals surface area contributed by atoms with Gasteiger partial charge in [-0.1, -0.05) is 24.6 Å². The lowest BCUT2D eigenvalue weighted by Crippen LogP contribution is -2.02. The highest BCUT2D eigenvalue weighted by atomic mass is 35.5. The Morgan fingerprint density at radius 2 is 2.29 bits per heavy atom. The molecule has 0 radical (unpaired) electrons. The lowest BCUT2D eigenvalue weighted by molar-refractivity contribution is 0.300. The first kappa shape index (κ1) is 11.8. The van der Waals surface area contributed by atoms with Gasteiger partial charge < -0.3 is 5.11 Å². The van der Waals surface area contributed by atoms with E-state index >= 15 is 0 Å². The van der Waals surface area contributed by atoms with E-state index in [0.717, 1.165) is 5.56 Å². The molecule has 78 valence electrons. The topological polar surface area (TPSA) is 20.2 Å². The van der Waals surface area contributed by atoms with Gasteiger partial charge in [-0.2, -0.15) is 11.8 Å². The van der Waals surface area contributed by atoms with Crippen LogP contribution in [-0.4, -0.2) is 17.0 Å². The van der Waals surface area contributed by atoms with Crippen LogP contribution in [0.2, 0.25) is 5.02 Å². The minimum Gasteiger partial charge on any atom is -0.395 e. The molecule has 0 saturated heterocycles. The van der Waals surface area contributed by atoms with E-state index in [-0.39, 0.29) is 22.7 Å². The second-order valence-corrected chi connectivity index (χ2v) is 4.89. The third kappa shape index (κ3) is 3.48. The Kier molecular flexibility index (Phi) is 4.72. The molecular weight excluding hydrogens is 223 g/mol. The van der Waals surface area contributed by atoms with E-state index in [2.05, 4.69) is 0 Å². The Balaban J connectivity index is 2.55. The van der Waals surface area contributed by atoms with Crippen LogP contribution in [-0.2, 0) is 5.75 Å². The monoisotopic (exact) mass is 234 g/mol. The molecule has 4 heteroatoms. The summed E-state index contributed by atoms with van der Waals surface area (Å²) in [4.78, 5) is 0. The van der Waals surface area contributed by atoms with Crippen molar-refractivity contribution in [2.45, 2.75) is 17.9 Å². The van der Waals surface area contributed by atoms with Crippen LogP contribution in [0.4, 0.5) is 4.39 Å². The third-order valence-electron chi connectivity index (χ3n) is 1.78. The minimum atomic E-state index is -0.388. The summed E-state index contributed by atoms with van der Waals surface area (Å²) in [6.07, 6.45) is 0. The first-order valence-corrected chi connectivity index (χ1v) is 5.72. The normalized spacial score (nSPS) is 12.9. The summed E-state index contributed by atoms with van der Waals surface area (Å²) < 4.78 is 13.0. The van der Waals surface area contributed by atoms with E-state index < -0.39 is 0 Å². The van der Waals surface area contributed by atoms with E-state index in [9.17, 15) is 4.39 Å². The van der Waals surface area contributed by atoms with Crippen molar-refractivity contribution in [3.63, 3.8) is 0 Å². The quantitative estimate of drug-likeness (QED) is 0.864. The SMILES string of the molecule is CC(CO)SCc1ccc(Cl)c(F)c1. The highest BCUT2D eigenvalue weighted by molar-refractivity contribution is 7.99. The maximum atomic E-state index is 13.0. The second-order valence-electron chi connectivity index (χ2n) is 3.05. The van der Waals surface area contributed by atoms with Gasteiger partial charge in [-0.3, -0.25) is 0 Å². The zero-order valence-corrected chi connectivity index (χ0v) is 9.41. The van der Waals surface area contributed by atoms with Crippen LogP contribution in [0.1, 0.15) is 12.5 Å². The van der Waals surface area contributed by atoms with Gasteiger partial charge in [0.15, 0.2) is 0 Å². The lowest BCUT2D eigenvalue weighted by atomic mass is 10.2. The van der Waals surface area contributed by atoms with E-state index in [4.69, 9.17) is 16.7 Å². The molecule has 0 spiro atoms. The summed E-state index contributed by atoms with van der Waals surface area (Å²) in [7, 11) is 0. The van der Waals surface area contributed by atoms with Crippen molar-refractivity contribution in [2.24, 2.45) is 0 Å². The van der Waals surface area contributed by atoms with Crippen LogP contribution in [0.15, 0.2) is 18.2 Å². The fourth-order valence-corrected chi connectivity index (χ4v) is 1.80. The molecule has 1 aromatic carbocycles. The molecule has 1 atom stereocenters. The van der Waals surface area contributed by atoms with Crippen molar-refractivity contribution in [3.05, 3.63) is 34.6 Å². The summed E-state index contributed by atoms with van der Waals surface area (Å²) >= 11 is 7.13. The second kappa shape index (κ2) is 5.59. The van der Waals surface area contributed by atoms with E-state index in [1.54, 1.807) is 23.9 Å². The maximum absolute atomic E-state index is 13.0. The van der Waals surface area contributed by atoms with Gasteiger partial charge in [0.2, 0.25) is 0 Å². The molecule has 0 heterocycles. The molecule has 1 aromatic rings. The highest BCUT2D eigenvalue weighted by Gasteiger charge is 2.04. The largest absolute Gasteiger partial charge is 0.395 e. The number of thioether (sulfide) groups is 1. The Morgan fingerprint density at radius 1 is 1.57 bits per heavy atom. The number of rotatable bonds is 4. The average Bonchev–Trinajstić information content (AvgIpc) is 2.19. The predicted molar refractivity (Wildman–Crippen MR) is 59.3 cm³/mol. The number of aliphatic hydroxyl groups is 1. The summed E-state index contributed by atoms with van der Waals surface area (Å²) in [6.45, 7) is 2.07. The third-order valence-corrected chi connectivity index (χ3v) is 3.30. The molecule has 0 saturated carbocycles. The van der Waals surface area contributed by atoms with Gasteiger partial charge in [0, 0.05) is 11.0 Å². The van der Waals surface area contributed by atoms with Gasteiger partial charge in [-0.05, 0) is 17.7 Å². The van der Waals surface area contributed by atoms with Crippen LogP contribution in [0.3, 0.4) is 0 Å². The fourth-order valence-electron chi connectivity index (χ4n) is 0.921. The van der Waals surface area contributed by atoms with Crippen LogP contribution in [0.5, 0.6) is 0 Å². The van der Waals surface area contributed by atoms with E-state index in [1.807, 2.05) is 6.92 Å². The van der Waals surface area contributed by atoms with Crippen LogP contribution in [0, 0.1) is 5.82 Å². The van der Waals surface area contributed by atoms with Gasteiger partial charge in [0.1, 0.15) is 5.82 Å². The molecule has 0 aliphatic carbocycles. The van der Waals surface area contributed by atoms with Gasteiger partial charge in [0.05, 0.1) is 11.6 Å². The first-order chi connectivity index (χ1) is 6.63. The van der Waals surface area contributed by atoms with Crippen molar-refractivity contribution >= 4 is 23.4 Å². The molecule has 14 heavy (non-hydrogen) atoms. The zero-order chi connectivity index (χ0) is 10.6. The summed E-state index contributed by atoms with van der Waals surface area (Å²) in [6, 6.07) is 4.78. The van der Waals surface area contributed by atoms with E-state index in [0.29, 0.717) is 5.75 Å². The molecule has 0 fully saturated rings. The zero-order valence-electron chi connectivity index (χ0n) is 7.84. The molecule has 0 aromatic heterocycles. The molecule has 1 nitrogen and oxygen atoms in total. The Bertz CT molecular complexity index is 306. The maximum Gasteiger partial charge on any atom is 0.142 e. The van der Waals surface area contributed by atoms with E-state index in [1.165, 1.54) is 6.07 Å². The van der Waals surface area contributed by atoms with Crippen molar-refractivity contribution in [1.29, 1.82) is 0 Å². The lowest BCUT2D eigenvalue weighted by Gasteiger charge is -2.07. The summed E-state index contributed by atoms with van der Waals surface area (Å²) in [5.41, 5.74) is 0.886. The predicted octanol–water partition coefficient (Wildman–Crippen LogP) is 3.09. The van der Waals surface area contributed by atoms with Crippen LogP contribution >= 0.6 is 23.4 Å². The first-order valence-electron chi connectivity index (χ1n) is 4.30.